The Morgan fingerprint density at radius 1 is 1.33 bits per heavy atom. The average Bonchev–Trinajstić information content (AvgIpc) is 3.09. The summed E-state index contributed by atoms with van der Waals surface area (Å²) in [5.41, 5.74) is 2.90. The molecule has 1 aliphatic heterocycles. The number of fused-ring (bicyclic) bond motifs is 1. The van der Waals surface area contributed by atoms with E-state index in [1.54, 1.807) is 11.3 Å². The lowest BCUT2D eigenvalue weighted by Gasteiger charge is -2.28. The van der Waals surface area contributed by atoms with Crippen LogP contribution in [0.4, 0.5) is 5.69 Å². The Labute approximate surface area is 168 Å². The summed E-state index contributed by atoms with van der Waals surface area (Å²) in [6.07, 6.45) is 2.28. The number of rotatable bonds is 4. The largest absolute Gasteiger partial charge is 0.327 e. The highest BCUT2D eigenvalue weighted by Gasteiger charge is 2.28. The van der Waals surface area contributed by atoms with Crippen molar-refractivity contribution in [3.05, 3.63) is 58.1 Å². The number of para-hydroxylation sites is 1. The number of hydrogen-bond donors (Lipinski definition) is 2. The molecule has 1 fully saturated rings. The minimum atomic E-state index is 0.0420. The van der Waals surface area contributed by atoms with Crippen molar-refractivity contribution in [3.8, 4) is 0 Å². The maximum atomic E-state index is 12.5. The summed E-state index contributed by atoms with van der Waals surface area (Å²) < 4.78 is 1.24. The number of halogens is 1. The molecule has 0 saturated carbocycles. The smallest absolute Gasteiger partial charge is 0.279 e. The van der Waals surface area contributed by atoms with E-state index in [0.717, 1.165) is 42.7 Å². The van der Waals surface area contributed by atoms with Crippen LogP contribution in [-0.2, 0) is 4.79 Å². The normalized spacial score (nSPS) is 19.9. The zero-order valence-corrected chi connectivity index (χ0v) is 16.9. The van der Waals surface area contributed by atoms with Crippen LogP contribution in [0, 0.1) is 6.92 Å². The van der Waals surface area contributed by atoms with Gasteiger partial charge in [0.25, 0.3) is 5.91 Å². The van der Waals surface area contributed by atoms with Gasteiger partial charge in [0.2, 0.25) is 0 Å². The second kappa shape index (κ2) is 7.97. The van der Waals surface area contributed by atoms with Gasteiger partial charge in [-0.2, -0.15) is 0 Å². The molecule has 0 aliphatic carbocycles. The van der Waals surface area contributed by atoms with E-state index in [1.807, 2.05) is 31.2 Å². The summed E-state index contributed by atoms with van der Waals surface area (Å²) in [5.74, 6) is 0.479. The molecule has 1 saturated heterocycles. The lowest BCUT2D eigenvalue weighted by molar-refractivity contribution is -0.898. The van der Waals surface area contributed by atoms with Gasteiger partial charge in [-0.15, -0.1) is 11.3 Å². The number of likely N-dealkylation sites (tertiary alicyclic amines) is 1. The van der Waals surface area contributed by atoms with Crippen LogP contribution in [0.3, 0.4) is 0 Å². The maximum Gasteiger partial charge on any atom is 0.279 e. The van der Waals surface area contributed by atoms with Crippen molar-refractivity contribution in [1.82, 2.24) is 4.98 Å². The van der Waals surface area contributed by atoms with E-state index in [9.17, 15) is 4.79 Å². The van der Waals surface area contributed by atoms with Crippen LogP contribution in [-0.4, -0.2) is 30.5 Å². The zero-order chi connectivity index (χ0) is 18.8. The molecule has 0 spiro atoms. The van der Waals surface area contributed by atoms with Crippen molar-refractivity contribution in [1.29, 1.82) is 0 Å². The van der Waals surface area contributed by atoms with Crippen molar-refractivity contribution in [2.75, 3.05) is 25.0 Å². The fraction of sp³-hybridized carbons (Fsp3) is 0.333. The molecule has 2 aromatic carbocycles. The lowest BCUT2D eigenvalue weighted by Crippen LogP contribution is -3.14. The van der Waals surface area contributed by atoms with Crippen LogP contribution in [0.5, 0.6) is 0 Å². The summed E-state index contributed by atoms with van der Waals surface area (Å²) in [4.78, 5) is 18.7. The first-order valence-electron chi connectivity index (χ1n) is 9.33. The van der Waals surface area contributed by atoms with Gasteiger partial charge in [0.15, 0.2) is 6.54 Å². The van der Waals surface area contributed by atoms with E-state index in [4.69, 9.17) is 16.6 Å². The number of anilines is 1. The molecule has 4 nitrogen and oxygen atoms in total. The Morgan fingerprint density at radius 2 is 2.19 bits per heavy atom. The third-order valence-corrected chi connectivity index (χ3v) is 6.60. The molecule has 4 rings (SSSR count). The minimum Gasteiger partial charge on any atom is -0.327 e. The Bertz CT molecular complexity index is 938. The SMILES string of the molecule is Cc1ccc(Cl)cc1NC(=O)C[NH+]1CCC[C@@H](c2nc3ccccc3s2)C1. The van der Waals surface area contributed by atoms with Gasteiger partial charge < -0.3 is 10.2 Å². The Balaban J connectivity index is 1.40. The van der Waals surface area contributed by atoms with Gasteiger partial charge in [0.1, 0.15) is 5.01 Å². The van der Waals surface area contributed by atoms with Gasteiger partial charge >= 0.3 is 0 Å². The molecule has 0 bridgehead atoms. The lowest BCUT2D eigenvalue weighted by atomic mass is 9.99. The summed E-state index contributed by atoms with van der Waals surface area (Å²) in [7, 11) is 0. The van der Waals surface area contributed by atoms with Crippen LogP contribution in [0.2, 0.25) is 5.02 Å². The molecule has 6 heteroatoms. The van der Waals surface area contributed by atoms with Gasteiger partial charge in [0, 0.05) is 10.7 Å². The zero-order valence-electron chi connectivity index (χ0n) is 15.3. The third kappa shape index (κ3) is 4.32. The second-order valence-electron chi connectivity index (χ2n) is 7.25. The van der Waals surface area contributed by atoms with Crippen LogP contribution < -0.4 is 10.2 Å². The number of benzene rings is 2. The predicted molar refractivity (Wildman–Crippen MR) is 112 cm³/mol. The number of carbonyl (C=O) groups excluding carboxylic acids is 1. The second-order valence-corrected chi connectivity index (χ2v) is 8.75. The topological polar surface area (TPSA) is 46.4 Å². The molecule has 2 N–H and O–H groups in total. The average molecular weight is 401 g/mol. The Hall–Kier alpha value is -1.95. The van der Waals surface area contributed by atoms with Gasteiger partial charge in [-0.25, -0.2) is 4.98 Å². The summed E-state index contributed by atoms with van der Waals surface area (Å²) >= 11 is 7.84. The Kier molecular flexibility index (Phi) is 5.43. The van der Waals surface area contributed by atoms with Crippen LogP contribution in [0.1, 0.15) is 29.3 Å². The molecule has 3 aromatic rings. The number of nitrogens with one attached hydrogen (secondary N) is 2. The van der Waals surface area contributed by atoms with E-state index in [0.29, 0.717) is 17.5 Å². The molecule has 27 heavy (non-hydrogen) atoms. The van der Waals surface area contributed by atoms with Gasteiger partial charge in [-0.1, -0.05) is 29.8 Å². The first-order valence-corrected chi connectivity index (χ1v) is 10.5. The highest BCUT2D eigenvalue weighted by atomic mass is 35.5. The molecular formula is C21H23ClN3OS+. The van der Waals surface area contributed by atoms with Crippen molar-refractivity contribution in [2.45, 2.75) is 25.7 Å². The molecule has 140 valence electrons. The van der Waals surface area contributed by atoms with Crippen molar-refractivity contribution in [2.24, 2.45) is 0 Å². The quantitative estimate of drug-likeness (QED) is 0.702. The van der Waals surface area contributed by atoms with Crippen LogP contribution >= 0.6 is 22.9 Å². The number of nitrogens with zero attached hydrogens (tertiary/aromatic N) is 1. The molecule has 1 unspecified atom stereocenters. The number of carbonyl (C=O) groups is 1. The number of piperidine rings is 1. The van der Waals surface area contributed by atoms with Crippen molar-refractivity contribution in [3.63, 3.8) is 0 Å². The van der Waals surface area contributed by atoms with Gasteiger partial charge in [0.05, 0.1) is 29.2 Å². The van der Waals surface area contributed by atoms with Gasteiger partial charge in [-0.05, 0) is 49.6 Å². The molecular weight excluding hydrogens is 378 g/mol. The van der Waals surface area contributed by atoms with E-state index in [-0.39, 0.29) is 5.91 Å². The number of aryl methyl sites for hydroxylation is 1. The number of quaternary nitrogens is 1. The minimum absolute atomic E-state index is 0.0420. The number of amides is 1. The fourth-order valence-electron chi connectivity index (χ4n) is 3.74. The van der Waals surface area contributed by atoms with E-state index < -0.39 is 0 Å². The van der Waals surface area contributed by atoms with Crippen LogP contribution in [0.25, 0.3) is 10.2 Å². The van der Waals surface area contributed by atoms with Gasteiger partial charge in [-0.3, -0.25) is 4.79 Å². The first-order chi connectivity index (χ1) is 13.1. The number of hydrogen-bond acceptors (Lipinski definition) is 3. The number of thiazole rings is 1. The summed E-state index contributed by atoms with van der Waals surface area (Å²) in [5, 5.41) is 4.86. The first kappa shape index (κ1) is 18.4. The highest BCUT2D eigenvalue weighted by Crippen LogP contribution is 2.30. The summed E-state index contributed by atoms with van der Waals surface area (Å²) in [6.45, 7) is 4.45. The van der Waals surface area contributed by atoms with E-state index >= 15 is 0 Å². The predicted octanol–water partition coefficient (Wildman–Crippen LogP) is 3.66. The highest BCUT2D eigenvalue weighted by molar-refractivity contribution is 7.18. The molecule has 1 amide bonds. The standard InChI is InChI=1S/C21H22ClN3OS/c1-14-8-9-16(22)11-18(14)23-20(26)13-25-10-4-5-15(12-25)21-24-17-6-2-3-7-19(17)27-21/h2-3,6-9,11,15H,4-5,10,12-13H2,1H3,(H,23,26)/p+1/t15-/m1/s1. The monoisotopic (exact) mass is 400 g/mol. The maximum absolute atomic E-state index is 12.5. The molecule has 1 aliphatic rings. The number of aromatic nitrogens is 1. The Morgan fingerprint density at radius 3 is 3.04 bits per heavy atom. The third-order valence-electron chi connectivity index (χ3n) is 5.16. The molecule has 2 atom stereocenters. The molecule has 2 heterocycles. The van der Waals surface area contributed by atoms with Crippen LogP contribution in [0.15, 0.2) is 42.5 Å². The fourth-order valence-corrected chi connectivity index (χ4v) is 5.01. The van der Waals surface area contributed by atoms with Crippen molar-refractivity contribution < 1.29 is 9.69 Å². The van der Waals surface area contributed by atoms with E-state index in [1.165, 1.54) is 14.6 Å². The summed E-state index contributed by atoms with van der Waals surface area (Å²) in [6, 6.07) is 13.9. The molecule has 1 aromatic heterocycles. The van der Waals surface area contributed by atoms with Crippen molar-refractivity contribution >= 4 is 44.7 Å². The molecule has 0 radical (unpaired) electrons. The van der Waals surface area contributed by atoms with E-state index in [2.05, 4.69) is 23.5 Å².